The molecule has 2 aromatic rings. The molecule has 0 radical (unpaired) electrons. The lowest BCUT2D eigenvalue weighted by Gasteiger charge is -2.06. The molecule has 2 heterocycles. The lowest BCUT2D eigenvalue weighted by molar-refractivity contribution is 0.289. The van der Waals surface area contributed by atoms with E-state index in [2.05, 4.69) is 41.7 Å². The van der Waals surface area contributed by atoms with E-state index < -0.39 is 0 Å². The second-order valence-electron chi connectivity index (χ2n) is 4.34. The minimum absolute atomic E-state index is 0.262. The Morgan fingerprint density at radius 3 is 3.00 bits per heavy atom. The molecule has 92 valence electrons. The molecule has 1 unspecified atom stereocenters. The highest BCUT2D eigenvalue weighted by atomic mass is 32.2. The van der Waals surface area contributed by atoms with Crippen LogP contribution in [-0.2, 0) is 5.75 Å². The van der Waals surface area contributed by atoms with Gasteiger partial charge in [-0.3, -0.25) is 0 Å². The van der Waals surface area contributed by atoms with Crippen LogP contribution in [0.2, 0.25) is 0 Å². The molecule has 3 nitrogen and oxygen atoms in total. The Bertz CT molecular complexity index is 495. The number of rotatable bonds is 5. The number of hydrogen-bond acceptors (Lipinski definition) is 3. The lowest BCUT2D eigenvalue weighted by atomic mass is 10.3. The molecule has 1 atom stereocenters. The largest absolute Gasteiger partial charge is 0.396 e. The summed E-state index contributed by atoms with van der Waals surface area (Å²) in [5.41, 5.74) is 3.34. The van der Waals surface area contributed by atoms with Crippen LogP contribution < -0.4 is 0 Å². The van der Waals surface area contributed by atoms with Crippen molar-refractivity contribution in [3.8, 4) is 0 Å². The first-order valence-electron chi connectivity index (χ1n) is 5.86. The van der Waals surface area contributed by atoms with Crippen LogP contribution >= 0.6 is 11.8 Å². The summed E-state index contributed by atoms with van der Waals surface area (Å²) < 4.78 is 2.07. The first-order valence-corrected chi connectivity index (χ1v) is 6.90. The SMILES string of the molecule is Cc1ccc2nc(CSC(C)CCO)cn2c1. The molecule has 0 aliphatic heterocycles. The molecule has 4 heteroatoms. The smallest absolute Gasteiger partial charge is 0.137 e. The third kappa shape index (κ3) is 3.23. The van der Waals surface area contributed by atoms with Crippen LogP contribution in [0.25, 0.3) is 5.65 Å². The molecule has 0 aliphatic carbocycles. The lowest BCUT2D eigenvalue weighted by Crippen LogP contribution is -1.99. The van der Waals surface area contributed by atoms with E-state index in [4.69, 9.17) is 5.11 Å². The quantitative estimate of drug-likeness (QED) is 0.886. The molecule has 0 saturated carbocycles. The van der Waals surface area contributed by atoms with Crippen molar-refractivity contribution in [3.05, 3.63) is 35.8 Å². The first-order chi connectivity index (χ1) is 8.19. The maximum atomic E-state index is 8.85. The van der Waals surface area contributed by atoms with Crippen LogP contribution in [0.4, 0.5) is 0 Å². The van der Waals surface area contributed by atoms with E-state index in [0.29, 0.717) is 5.25 Å². The third-order valence-electron chi connectivity index (χ3n) is 2.70. The molecule has 0 fully saturated rings. The molecule has 0 amide bonds. The summed E-state index contributed by atoms with van der Waals surface area (Å²) in [5.74, 6) is 0.905. The van der Waals surface area contributed by atoms with Crippen LogP contribution in [0, 0.1) is 6.92 Å². The molecule has 0 saturated heterocycles. The van der Waals surface area contributed by atoms with Crippen molar-refractivity contribution in [1.82, 2.24) is 9.38 Å². The molecule has 2 aromatic heterocycles. The van der Waals surface area contributed by atoms with Crippen LogP contribution in [0.15, 0.2) is 24.5 Å². The van der Waals surface area contributed by atoms with E-state index in [-0.39, 0.29) is 6.61 Å². The average Bonchev–Trinajstić information content (AvgIpc) is 2.68. The minimum atomic E-state index is 0.262. The van der Waals surface area contributed by atoms with Crippen molar-refractivity contribution < 1.29 is 5.11 Å². The standard InChI is InChI=1S/C13H18N2OS/c1-10-3-4-13-14-12(8-15(13)7-10)9-17-11(2)5-6-16/h3-4,7-8,11,16H,5-6,9H2,1-2H3. The minimum Gasteiger partial charge on any atom is -0.396 e. The highest BCUT2D eigenvalue weighted by molar-refractivity contribution is 7.99. The number of aromatic nitrogens is 2. The van der Waals surface area contributed by atoms with E-state index in [0.717, 1.165) is 23.5 Å². The Hall–Kier alpha value is -1.00. The number of fused-ring (bicyclic) bond motifs is 1. The molecule has 17 heavy (non-hydrogen) atoms. The van der Waals surface area contributed by atoms with E-state index in [1.807, 2.05) is 17.8 Å². The molecule has 0 aromatic carbocycles. The fourth-order valence-electron chi connectivity index (χ4n) is 1.72. The molecular weight excluding hydrogens is 232 g/mol. The molecule has 0 bridgehead atoms. The number of aliphatic hydroxyl groups excluding tert-OH is 1. The van der Waals surface area contributed by atoms with Gasteiger partial charge in [0.1, 0.15) is 5.65 Å². The monoisotopic (exact) mass is 250 g/mol. The molecule has 2 rings (SSSR count). The fourth-order valence-corrected chi connectivity index (χ4v) is 2.58. The van der Waals surface area contributed by atoms with Gasteiger partial charge in [-0.1, -0.05) is 13.0 Å². The zero-order valence-electron chi connectivity index (χ0n) is 10.3. The van der Waals surface area contributed by atoms with Gasteiger partial charge in [0.25, 0.3) is 0 Å². The van der Waals surface area contributed by atoms with Gasteiger partial charge < -0.3 is 9.51 Å². The van der Waals surface area contributed by atoms with Crippen molar-refractivity contribution in [2.75, 3.05) is 6.61 Å². The molecule has 1 N–H and O–H groups in total. The van der Waals surface area contributed by atoms with Crippen molar-refractivity contribution in [2.45, 2.75) is 31.3 Å². The molecule has 0 spiro atoms. The first kappa shape index (κ1) is 12.5. The number of aliphatic hydroxyl groups is 1. The van der Waals surface area contributed by atoms with Crippen molar-refractivity contribution in [1.29, 1.82) is 0 Å². The van der Waals surface area contributed by atoms with Gasteiger partial charge in [0.2, 0.25) is 0 Å². The number of nitrogens with zero attached hydrogens (tertiary/aromatic N) is 2. The van der Waals surface area contributed by atoms with Crippen LogP contribution in [-0.4, -0.2) is 26.3 Å². The topological polar surface area (TPSA) is 37.5 Å². The number of pyridine rings is 1. The van der Waals surface area contributed by atoms with E-state index in [1.165, 1.54) is 5.56 Å². The van der Waals surface area contributed by atoms with Gasteiger partial charge in [0, 0.05) is 30.0 Å². The van der Waals surface area contributed by atoms with Crippen molar-refractivity contribution in [2.24, 2.45) is 0 Å². The predicted molar refractivity (Wildman–Crippen MR) is 72.4 cm³/mol. The predicted octanol–water partition coefficient (Wildman–Crippen LogP) is 2.65. The summed E-state index contributed by atoms with van der Waals surface area (Å²) in [5, 5.41) is 9.32. The average molecular weight is 250 g/mol. The number of imidazole rings is 1. The van der Waals surface area contributed by atoms with Crippen LogP contribution in [0.3, 0.4) is 0 Å². The Kier molecular flexibility index (Phi) is 4.07. The summed E-state index contributed by atoms with van der Waals surface area (Å²) in [6, 6.07) is 4.12. The Labute approximate surface area is 106 Å². The maximum Gasteiger partial charge on any atom is 0.137 e. The maximum absolute atomic E-state index is 8.85. The third-order valence-corrected chi connectivity index (χ3v) is 3.97. The zero-order chi connectivity index (χ0) is 12.3. The second-order valence-corrected chi connectivity index (χ2v) is 5.76. The Balaban J connectivity index is 2.04. The van der Waals surface area contributed by atoms with Gasteiger partial charge in [-0.2, -0.15) is 11.8 Å². The molecule has 0 aliphatic rings. The Morgan fingerprint density at radius 1 is 1.41 bits per heavy atom. The number of thioether (sulfide) groups is 1. The van der Waals surface area contributed by atoms with Crippen molar-refractivity contribution in [3.63, 3.8) is 0 Å². The number of aryl methyl sites for hydroxylation is 1. The summed E-state index contributed by atoms with van der Waals surface area (Å²) in [7, 11) is 0. The Morgan fingerprint density at radius 2 is 2.24 bits per heavy atom. The fraction of sp³-hybridized carbons (Fsp3) is 0.462. The number of hydrogen-bond donors (Lipinski definition) is 1. The van der Waals surface area contributed by atoms with Crippen LogP contribution in [0.1, 0.15) is 24.6 Å². The van der Waals surface area contributed by atoms with E-state index in [9.17, 15) is 0 Å². The van der Waals surface area contributed by atoms with Gasteiger partial charge in [0.05, 0.1) is 5.69 Å². The zero-order valence-corrected chi connectivity index (χ0v) is 11.1. The summed E-state index contributed by atoms with van der Waals surface area (Å²) in [6.07, 6.45) is 5.02. The van der Waals surface area contributed by atoms with Gasteiger partial charge in [-0.05, 0) is 25.0 Å². The van der Waals surface area contributed by atoms with Gasteiger partial charge in [0.15, 0.2) is 0 Å². The summed E-state index contributed by atoms with van der Waals surface area (Å²) in [4.78, 5) is 4.57. The summed E-state index contributed by atoms with van der Waals surface area (Å²) in [6.45, 7) is 4.48. The second kappa shape index (κ2) is 5.56. The van der Waals surface area contributed by atoms with Gasteiger partial charge >= 0.3 is 0 Å². The van der Waals surface area contributed by atoms with Crippen LogP contribution in [0.5, 0.6) is 0 Å². The highest BCUT2D eigenvalue weighted by Crippen LogP contribution is 2.19. The van der Waals surface area contributed by atoms with E-state index in [1.54, 1.807) is 0 Å². The summed E-state index contributed by atoms with van der Waals surface area (Å²) >= 11 is 1.84. The van der Waals surface area contributed by atoms with Crippen molar-refractivity contribution >= 4 is 17.4 Å². The normalized spacial score (nSPS) is 13.1. The molecular formula is C13H18N2OS. The van der Waals surface area contributed by atoms with Gasteiger partial charge in [-0.25, -0.2) is 4.98 Å². The highest BCUT2D eigenvalue weighted by Gasteiger charge is 2.05. The van der Waals surface area contributed by atoms with E-state index >= 15 is 0 Å². The van der Waals surface area contributed by atoms with Gasteiger partial charge in [-0.15, -0.1) is 0 Å².